The lowest BCUT2D eigenvalue weighted by molar-refractivity contribution is -0.174. The Morgan fingerprint density at radius 2 is 1.69 bits per heavy atom. The van der Waals surface area contributed by atoms with E-state index < -0.39 is 6.04 Å². The molecule has 3 aromatic carbocycles. The van der Waals surface area contributed by atoms with Crippen molar-refractivity contribution < 1.29 is 28.6 Å². The molecular weight excluding hydrogens is 644 g/mol. The number of hydrogen-bond donors (Lipinski definition) is 3. The number of para-hydroxylation sites is 2. The zero-order valence-electron chi connectivity index (χ0n) is 31.5. The van der Waals surface area contributed by atoms with Crippen LogP contribution in [-0.4, -0.2) is 62.9 Å². The van der Waals surface area contributed by atoms with Crippen LogP contribution in [0.25, 0.3) is 11.1 Å². The predicted molar refractivity (Wildman–Crippen MR) is 199 cm³/mol. The van der Waals surface area contributed by atoms with Crippen LogP contribution in [0.3, 0.4) is 0 Å². The first-order valence-electron chi connectivity index (χ1n) is 18.2. The molecule has 1 saturated carbocycles. The van der Waals surface area contributed by atoms with Gasteiger partial charge in [0.2, 0.25) is 5.91 Å². The van der Waals surface area contributed by atoms with Gasteiger partial charge in [0.15, 0.2) is 0 Å². The van der Waals surface area contributed by atoms with Crippen molar-refractivity contribution in [3.8, 4) is 28.4 Å². The minimum absolute atomic E-state index is 0.0140. The number of amides is 2. The predicted octanol–water partition coefficient (Wildman–Crippen LogP) is 6.36. The van der Waals surface area contributed by atoms with Crippen LogP contribution in [0.5, 0.6) is 17.2 Å². The van der Waals surface area contributed by atoms with Gasteiger partial charge in [0.05, 0.1) is 32.4 Å². The third-order valence-corrected chi connectivity index (χ3v) is 11.3. The van der Waals surface area contributed by atoms with Gasteiger partial charge in [-0.2, -0.15) is 5.06 Å². The summed E-state index contributed by atoms with van der Waals surface area (Å²) in [6.07, 6.45) is 2.86. The van der Waals surface area contributed by atoms with Crippen LogP contribution in [0, 0.1) is 23.2 Å². The van der Waals surface area contributed by atoms with Crippen LogP contribution in [0.2, 0.25) is 0 Å². The molecule has 4 N–H and O–H groups in total. The number of nitrogens with one attached hydrogen (secondary N) is 2. The summed E-state index contributed by atoms with van der Waals surface area (Å²) < 4.78 is 17.8. The van der Waals surface area contributed by atoms with Gasteiger partial charge in [-0.15, -0.1) is 0 Å². The molecule has 10 heteroatoms. The second-order valence-electron chi connectivity index (χ2n) is 14.7. The van der Waals surface area contributed by atoms with E-state index in [0.717, 1.165) is 28.9 Å². The third kappa shape index (κ3) is 8.03. The van der Waals surface area contributed by atoms with Crippen molar-refractivity contribution in [2.75, 3.05) is 27.8 Å². The van der Waals surface area contributed by atoms with Gasteiger partial charge in [0.1, 0.15) is 29.9 Å². The molecule has 0 spiro atoms. The highest BCUT2D eigenvalue weighted by molar-refractivity contribution is 5.99. The standard InChI is InChI=1S/C41H56N4O6/c1-9-30-35(22-42)51-45(36(30)40(47)44-26(3)25(2)34-20-21-41(34,4)5)23-28-12-10-13-31(37(28)49-8)32-14-11-15-33(39(46)43-6)38(32)50-24-27-16-18-29(48-7)19-17-27/h10-19,25-26,30,34-36H,9,20-24,42H2,1-8H3,(H,43,46)(H,44,47)/t25-,26+,30-,34+,35+,36+/m1/s1. The minimum Gasteiger partial charge on any atom is -0.497 e. The number of benzene rings is 3. The highest BCUT2D eigenvalue weighted by atomic mass is 16.7. The van der Waals surface area contributed by atoms with Crippen LogP contribution in [0.15, 0.2) is 60.7 Å². The van der Waals surface area contributed by atoms with Crippen molar-refractivity contribution in [3.63, 3.8) is 0 Å². The van der Waals surface area contributed by atoms with Crippen molar-refractivity contribution in [1.29, 1.82) is 0 Å². The molecule has 2 aliphatic rings. The Hall–Kier alpha value is -4.12. The number of ether oxygens (including phenoxy) is 3. The zero-order chi connectivity index (χ0) is 36.9. The quantitative estimate of drug-likeness (QED) is 0.168. The number of hydrogen-bond acceptors (Lipinski definition) is 8. The minimum atomic E-state index is -0.527. The molecule has 51 heavy (non-hydrogen) atoms. The summed E-state index contributed by atoms with van der Waals surface area (Å²) in [6.45, 7) is 11.9. The van der Waals surface area contributed by atoms with Crippen LogP contribution < -0.4 is 30.6 Å². The first kappa shape index (κ1) is 38.1. The second kappa shape index (κ2) is 16.5. The Kier molecular flexibility index (Phi) is 12.3. The molecule has 1 heterocycles. The van der Waals surface area contributed by atoms with E-state index in [1.54, 1.807) is 32.4 Å². The number of methoxy groups -OCH3 is 2. The van der Waals surface area contributed by atoms with Gasteiger partial charge in [0.25, 0.3) is 5.91 Å². The fourth-order valence-electron chi connectivity index (χ4n) is 7.98. The fraction of sp³-hybridized carbons (Fsp3) is 0.512. The van der Waals surface area contributed by atoms with Gasteiger partial charge in [-0.05, 0) is 67.2 Å². The highest BCUT2D eigenvalue weighted by Crippen LogP contribution is 2.50. The van der Waals surface area contributed by atoms with Crippen molar-refractivity contribution in [2.45, 2.75) is 85.2 Å². The highest BCUT2D eigenvalue weighted by Gasteiger charge is 2.48. The molecule has 1 aliphatic heterocycles. The van der Waals surface area contributed by atoms with Crippen LogP contribution in [0.4, 0.5) is 0 Å². The van der Waals surface area contributed by atoms with E-state index in [0.29, 0.717) is 53.0 Å². The molecule has 6 atom stereocenters. The molecule has 2 amide bonds. The molecule has 0 unspecified atom stereocenters. The molecule has 0 aromatic heterocycles. The summed E-state index contributed by atoms with van der Waals surface area (Å²) in [7, 11) is 4.85. The topological polar surface area (TPSA) is 124 Å². The zero-order valence-corrected chi connectivity index (χ0v) is 31.5. The molecule has 0 radical (unpaired) electrons. The van der Waals surface area contributed by atoms with Gasteiger partial charge >= 0.3 is 0 Å². The van der Waals surface area contributed by atoms with Gasteiger partial charge < -0.3 is 30.6 Å². The van der Waals surface area contributed by atoms with E-state index in [1.165, 1.54) is 12.8 Å². The van der Waals surface area contributed by atoms with Crippen molar-refractivity contribution in [1.82, 2.24) is 15.7 Å². The summed E-state index contributed by atoms with van der Waals surface area (Å²) in [5.41, 5.74) is 10.1. The molecule has 10 nitrogen and oxygen atoms in total. The summed E-state index contributed by atoms with van der Waals surface area (Å²) in [5.74, 6) is 2.32. The number of carbonyl (C=O) groups is 2. The summed E-state index contributed by atoms with van der Waals surface area (Å²) >= 11 is 0. The largest absolute Gasteiger partial charge is 0.497 e. The van der Waals surface area contributed by atoms with Gasteiger partial charge in [-0.1, -0.05) is 70.2 Å². The number of hydroxylamine groups is 2. The Labute approximate surface area is 303 Å². The van der Waals surface area contributed by atoms with E-state index >= 15 is 0 Å². The molecule has 2 fully saturated rings. The molecule has 1 saturated heterocycles. The maximum atomic E-state index is 14.2. The van der Waals surface area contributed by atoms with Gasteiger partial charge in [-0.25, -0.2) is 0 Å². The van der Waals surface area contributed by atoms with Crippen molar-refractivity contribution >= 4 is 11.8 Å². The SMILES string of the molecule is CC[C@@H]1[C@H](CN)ON(Cc2cccc(-c3cccc(C(=O)NC)c3OCc3ccc(OC)cc3)c2OC)[C@@H]1C(=O)N[C@@H](C)[C@@H](C)[C@@H]1CCC1(C)C. The van der Waals surface area contributed by atoms with E-state index in [1.807, 2.05) is 54.6 Å². The molecule has 276 valence electrons. The fourth-order valence-corrected chi connectivity index (χ4v) is 7.98. The second-order valence-corrected chi connectivity index (χ2v) is 14.7. The average Bonchev–Trinajstić information content (AvgIpc) is 3.50. The van der Waals surface area contributed by atoms with Crippen LogP contribution in [0.1, 0.15) is 75.4 Å². The van der Waals surface area contributed by atoms with E-state index in [4.69, 9.17) is 24.8 Å². The lowest BCUT2D eigenvalue weighted by Crippen LogP contribution is -2.53. The summed E-state index contributed by atoms with van der Waals surface area (Å²) in [5, 5.41) is 7.89. The number of carbonyl (C=O) groups excluding carboxylic acids is 2. The van der Waals surface area contributed by atoms with Crippen molar-refractivity contribution in [2.24, 2.45) is 28.9 Å². The van der Waals surface area contributed by atoms with E-state index in [9.17, 15) is 9.59 Å². The third-order valence-electron chi connectivity index (χ3n) is 11.3. The Balaban J connectivity index is 1.45. The Morgan fingerprint density at radius 3 is 2.25 bits per heavy atom. The lowest BCUT2D eigenvalue weighted by atomic mass is 9.57. The molecule has 3 aromatic rings. The summed E-state index contributed by atoms with van der Waals surface area (Å²) in [6, 6.07) is 18.5. The Bertz CT molecular complexity index is 1660. The molecule has 5 rings (SSSR count). The molecule has 0 bridgehead atoms. The van der Waals surface area contributed by atoms with Crippen molar-refractivity contribution in [3.05, 3.63) is 77.4 Å². The summed E-state index contributed by atoms with van der Waals surface area (Å²) in [4.78, 5) is 33.7. The first-order chi connectivity index (χ1) is 24.5. The lowest BCUT2D eigenvalue weighted by Gasteiger charge is -2.49. The number of rotatable bonds is 15. The normalized spacial score (nSPS) is 22.4. The number of nitrogens with two attached hydrogens (primary N) is 1. The number of nitrogens with zero attached hydrogens (tertiary/aromatic N) is 1. The van der Waals surface area contributed by atoms with Crippen LogP contribution in [-0.2, 0) is 22.8 Å². The monoisotopic (exact) mass is 700 g/mol. The Morgan fingerprint density at radius 1 is 1.00 bits per heavy atom. The average molecular weight is 701 g/mol. The van der Waals surface area contributed by atoms with Gasteiger partial charge in [0, 0.05) is 42.2 Å². The van der Waals surface area contributed by atoms with Gasteiger partial charge in [-0.3, -0.25) is 14.4 Å². The maximum Gasteiger partial charge on any atom is 0.254 e. The molecular formula is C41H56N4O6. The molecule has 1 aliphatic carbocycles. The maximum absolute atomic E-state index is 14.2. The van der Waals surface area contributed by atoms with E-state index in [2.05, 4.69) is 45.3 Å². The smallest absolute Gasteiger partial charge is 0.254 e. The first-order valence-corrected chi connectivity index (χ1v) is 18.2. The van der Waals surface area contributed by atoms with E-state index in [-0.39, 0.29) is 36.5 Å². The van der Waals surface area contributed by atoms with Crippen LogP contribution >= 0.6 is 0 Å².